The lowest BCUT2D eigenvalue weighted by atomic mass is 9.87. The predicted molar refractivity (Wildman–Crippen MR) is 68.1 cm³/mol. The van der Waals surface area contributed by atoms with E-state index < -0.39 is 30.6 Å². The third-order valence-electron chi connectivity index (χ3n) is 3.71. The fourth-order valence-corrected chi connectivity index (χ4v) is 2.43. The van der Waals surface area contributed by atoms with Crippen molar-refractivity contribution in [3.63, 3.8) is 0 Å². The number of aromatic nitrogens is 1. The first-order valence-corrected chi connectivity index (χ1v) is 6.74. The molecule has 3 nitrogen and oxygen atoms in total. The first kappa shape index (κ1) is 15.7. The zero-order chi connectivity index (χ0) is 15.5. The van der Waals surface area contributed by atoms with Gasteiger partial charge in [-0.05, 0) is 6.07 Å². The van der Waals surface area contributed by atoms with Crippen LogP contribution in [0.5, 0.6) is 0 Å². The molecule has 0 unspecified atom stereocenters. The summed E-state index contributed by atoms with van der Waals surface area (Å²) in [6.45, 7) is 0.254. The summed E-state index contributed by atoms with van der Waals surface area (Å²) < 4.78 is 51.0. The third kappa shape index (κ3) is 4.15. The van der Waals surface area contributed by atoms with Crippen LogP contribution in [0.25, 0.3) is 0 Å². The Labute approximate surface area is 120 Å². The number of piperidine rings is 1. The molecule has 1 saturated heterocycles. The zero-order valence-electron chi connectivity index (χ0n) is 11.4. The molecule has 0 spiro atoms. The van der Waals surface area contributed by atoms with Gasteiger partial charge in [0.25, 0.3) is 0 Å². The lowest BCUT2D eigenvalue weighted by molar-refractivity contribution is -0.150. The van der Waals surface area contributed by atoms with Crippen LogP contribution in [-0.4, -0.2) is 35.1 Å². The second-order valence-electron chi connectivity index (χ2n) is 5.20. The molecule has 2 rings (SSSR count). The van der Waals surface area contributed by atoms with E-state index in [1.54, 1.807) is 18.3 Å². The summed E-state index contributed by atoms with van der Waals surface area (Å²) in [5.41, 5.74) is -1.11. The van der Waals surface area contributed by atoms with E-state index >= 15 is 0 Å². The molecule has 0 bridgehead atoms. The molecule has 1 amide bonds. The van der Waals surface area contributed by atoms with Crippen LogP contribution in [-0.2, 0) is 10.5 Å². The van der Waals surface area contributed by atoms with Crippen molar-refractivity contribution in [3.8, 4) is 0 Å². The average Bonchev–Trinajstić information content (AvgIpc) is 2.46. The van der Waals surface area contributed by atoms with Crippen LogP contribution in [0.3, 0.4) is 0 Å². The van der Waals surface area contributed by atoms with E-state index in [0.29, 0.717) is 5.56 Å². The van der Waals surface area contributed by atoms with E-state index in [-0.39, 0.29) is 25.9 Å². The monoisotopic (exact) mass is 304 g/mol. The lowest BCUT2D eigenvalue weighted by Crippen LogP contribution is -2.43. The molecule has 1 fully saturated rings. The molecule has 0 atom stereocenters. The number of alkyl halides is 4. The Morgan fingerprint density at radius 1 is 1.33 bits per heavy atom. The Kier molecular flexibility index (Phi) is 4.49. The van der Waals surface area contributed by atoms with E-state index in [0.717, 1.165) is 0 Å². The molecule has 0 aromatic carbocycles. The van der Waals surface area contributed by atoms with E-state index in [2.05, 4.69) is 4.98 Å². The Bertz CT molecular complexity index is 481. The summed E-state index contributed by atoms with van der Waals surface area (Å²) >= 11 is 0. The van der Waals surface area contributed by atoms with Gasteiger partial charge in [0, 0.05) is 50.3 Å². The summed E-state index contributed by atoms with van der Waals surface area (Å²) in [5.74, 6) is -0.569. The Balaban J connectivity index is 1.90. The highest BCUT2D eigenvalue weighted by Gasteiger charge is 2.38. The second kappa shape index (κ2) is 5.99. The van der Waals surface area contributed by atoms with Gasteiger partial charge in [-0.25, -0.2) is 4.39 Å². The topological polar surface area (TPSA) is 33.2 Å². The number of pyridine rings is 1. The minimum Gasteiger partial charge on any atom is -0.342 e. The van der Waals surface area contributed by atoms with Crippen molar-refractivity contribution in [2.24, 2.45) is 0 Å². The van der Waals surface area contributed by atoms with Crippen molar-refractivity contribution in [2.75, 3.05) is 13.1 Å². The summed E-state index contributed by atoms with van der Waals surface area (Å²) in [7, 11) is 0. The van der Waals surface area contributed by atoms with E-state index in [9.17, 15) is 22.4 Å². The Morgan fingerprint density at radius 3 is 2.52 bits per heavy atom. The number of nitrogens with zero attached hydrogens (tertiary/aromatic N) is 2. The fourth-order valence-electron chi connectivity index (χ4n) is 2.43. The predicted octanol–water partition coefficient (Wildman–Crippen LogP) is 3.21. The molecule has 21 heavy (non-hydrogen) atoms. The quantitative estimate of drug-likeness (QED) is 0.803. The normalized spacial score (nSPS) is 18.6. The molecule has 1 aliphatic heterocycles. The van der Waals surface area contributed by atoms with Crippen LogP contribution in [0.4, 0.5) is 17.6 Å². The first-order chi connectivity index (χ1) is 9.80. The second-order valence-corrected chi connectivity index (χ2v) is 5.20. The van der Waals surface area contributed by atoms with Crippen LogP contribution in [0.2, 0.25) is 0 Å². The summed E-state index contributed by atoms with van der Waals surface area (Å²) in [5, 5.41) is 0. The lowest BCUT2D eigenvalue weighted by Gasteiger charge is -2.36. The van der Waals surface area contributed by atoms with Gasteiger partial charge >= 0.3 is 6.18 Å². The standard InChI is InChI=1S/C14H16F4N2O/c15-13(11-2-1-7-19-10-11)5-8-20(9-6-13)12(21)3-4-14(16,17)18/h1-2,7,10H,3-6,8-9H2. The van der Waals surface area contributed by atoms with Gasteiger partial charge in [0.15, 0.2) is 0 Å². The minimum atomic E-state index is -4.34. The van der Waals surface area contributed by atoms with Gasteiger partial charge in [0.05, 0.1) is 6.42 Å². The smallest absolute Gasteiger partial charge is 0.342 e. The summed E-state index contributed by atoms with van der Waals surface area (Å²) in [6, 6.07) is 3.27. The molecule has 116 valence electrons. The highest BCUT2D eigenvalue weighted by atomic mass is 19.4. The molecule has 1 aromatic heterocycles. The van der Waals surface area contributed by atoms with Crippen molar-refractivity contribution >= 4 is 5.91 Å². The zero-order valence-corrected chi connectivity index (χ0v) is 11.4. The van der Waals surface area contributed by atoms with Crippen LogP contribution in [0.15, 0.2) is 24.5 Å². The van der Waals surface area contributed by atoms with E-state index in [4.69, 9.17) is 0 Å². The van der Waals surface area contributed by atoms with Crippen molar-refractivity contribution in [2.45, 2.75) is 37.5 Å². The van der Waals surface area contributed by atoms with Crippen molar-refractivity contribution < 1.29 is 22.4 Å². The number of carbonyl (C=O) groups excluding carboxylic acids is 1. The van der Waals surface area contributed by atoms with E-state index in [1.807, 2.05) is 0 Å². The molecule has 0 radical (unpaired) electrons. The molecule has 1 aliphatic rings. The first-order valence-electron chi connectivity index (χ1n) is 6.74. The van der Waals surface area contributed by atoms with Gasteiger partial charge in [-0.2, -0.15) is 13.2 Å². The number of rotatable bonds is 3. The van der Waals surface area contributed by atoms with Crippen LogP contribution >= 0.6 is 0 Å². The van der Waals surface area contributed by atoms with Crippen LogP contribution < -0.4 is 0 Å². The Hall–Kier alpha value is -1.66. The van der Waals surface area contributed by atoms with Crippen LogP contribution in [0.1, 0.15) is 31.2 Å². The molecular weight excluding hydrogens is 288 g/mol. The number of hydrogen-bond donors (Lipinski definition) is 0. The number of carbonyl (C=O) groups is 1. The van der Waals surface area contributed by atoms with Gasteiger partial charge in [-0.15, -0.1) is 0 Å². The maximum atomic E-state index is 14.8. The van der Waals surface area contributed by atoms with Crippen molar-refractivity contribution in [3.05, 3.63) is 30.1 Å². The highest BCUT2D eigenvalue weighted by Crippen LogP contribution is 2.36. The highest BCUT2D eigenvalue weighted by molar-refractivity contribution is 5.76. The summed E-state index contributed by atoms with van der Waals surface area (Å²) in [4.78, 5) is 16.9. The van der Waals surface area contributed by atoms with Gasteiger partial charge in [0.2, 0.25) is 5.91 Å². The van der Waals surface area contributed by atoms with Crippen molar-refractivity contribution in [1.29, 1.82) is 0 Å². The SMILES string of the molecule is O=C(CCC(F)(F)F)N1CCC(F)(c2cccnc2)CC1. The van der Waals surface area contributed by atoms with Gasteiger partial charge in [0.1, 0.15) is 5.67 Å². The van der Waals surface area contributed by atoms with Gasteiger partial charge < -0.3 is 4.90 Å². The number of amides is 1. The third-order valence-corrected chi connectivity index (χ3v) is 3.71. The maximum absolute atomic E-state index is 14.8. The Morgan fingerprint density at radius 2 is 2.00 bits per heavy atom. The number of hydrogen-bond acceptors (Lipinski definition) is 2. The number of halogens is 4. The number of likely N-dealkylation sites (tertiary alicyclic amines) is 1. The molecule has 0 N–H and O–H groups in total. The molecule has 1 aromatic rings. The van der Waals surface area contributed by atoms with Crippen LogP contribution in [0, 0.1) is 0 Å². The molecule has 0 aliphatic carbocycles. The minimum absolute atomic E-state index is 0.0798. The van der Waals surface area contributed by atoms with Gasteiger partial charge in [-0.1, -0.05) is 6.07 Å². The summed E-state index contributed by atoms with van der Waals surface area (Å²) in [6.07, 6.45) is -2.90. The molecule has 7 heteroatoms. The average molecular weight is 304 g/mol. The largest absolute Gasteiger partial charge is 0.389 e. The molecular formula is C14H16F4N2O. The maximum Gasteiger partial charge on any atom is 0.389 e. The van der Waals surface area contributed by atoms with Crippen molar-refractivity contribution in [1.82, 2.24) is 9.88 Å². The van der Waals surface area contributed by atoms with Gasteiger partial charge in [-0.3, -0.25) is 9.78 Å². The van der Waals surface area contributed by atoms with E-state index in [1.165, 1.54) is 11.1 Å². The molecule has 0 saturated carbocycles. The molecule has 2 heterocycles. The fraction of sp³-hybridized carbons (Fsp3) is 0.571.